The summed E-state index contributed by atoms with van der Waals surface area (Å²) >= 11 is 1.45. The summed E-state index contributed by atoms with van der Waals surface area (Å²) < 4.78 is 0. The monoisotopic (exact) mass is 248 g/mol. The van der Waals surface area contributed by atoms with Crippen LogP contribution in [0.4, 0.5) is 5.69 Å². The number of nitro benzene ring substituents is 1. The van der Waals surface area contributed by atoms with Crippen LogP contribution in [-0.4, -0.2) is 16.3 Å². The summed E-state index contributed by atoms with van der Waals surface area (Å²) in [5.74, 6) is 0. The van der Waals surface area contributed by atoms with Gasteiger partial charge in [0.2, 0.25) is 0 Å². The highest BCUT2D eigenvalue weighted by Gasteiger charge is 2.06. The Labute approximate surface area is 101 Å². The van der Waals surface area contributed by atoms with Crippen LogP contribution in [0.1, 0.15) is 4.88 Å². The second-order valence-electron chi connectivity index (χ2n) is 3.25. The molecule has 0 aliphatic rings. The van der Waals surface area contributed by atoms with E-state index in [9.17, 15) is 10.1 Å². The van der Waals surface area contributed by atoms with Crippen molar-refractivity contribution in [2.75, 3.05) is 0 Å². The van der Waals surface area contributed by atoms with Gasteiger partial charge in [-0.05, 0) is 29.8 Å². The highest BCUT2D eigenvalue weighted by Crippen LogP contribution is 2.28. The Hall–Kier alpha value is -2.21. The smallest absolute Gasteiger partial charge is 0.269 e. The molecule has 86 valence electrons. The molecule has 0 atom stereocenters. The molecule has 1 aromatic heterocycles. The highest BCUT2D eigenvalue weighted by molar-refractivity contribution is 7.17. The summed E-state index contributed by atoms with van der Waals surface area (Å²) in [6, 6.07) is 10.0. The summed E-state index contributed by atoms with van der Waals surface area (Å²) in [7, 11) is 0. The van der Waals surface area contributed by atoms with E-state index in [1.165, 1.54) is 29.7 Å². The van der Waals surface area contributed by atoms with Gasteiger partial charge in [-0.3, -0.25) is 10.1 Å². The van der Waals surface area contributed by atoms with Gasteiger partial charge in [-0.25, -0.2) is 0 Å². The van der Waals surface area contributed by atoms with E-state index < -0.39 is 4.92 Å². The van der Waals surface area contributed by atoms with Gasteiger partial charge in [-0.2, -0.15) is 0 Å². The van der Waals surface area contributed by atoms with Gasteiger partial charge in [0.05, 0.1) is 11.1 Å². The van der Waals surface area contributed by atoms with E-state index in [2.05, 4.69) is 5.16 Å². The number of hydrogen-bond acceptors (Lipinski definition) is 5. The van der Waals surface area contributed by atoms with E-state index in [4.69, 9.17) is 5.21 Å². The quantitative estimate of drug-likeness (QED) is 0.392. The normalized spacial score (nSPS) is 10.8. The van der Waals surface area contributed by atoms with Crippen LogP contribution in [0.5, 0.6) is 0 Å². The molecule has 0 bridgehead atoms. The van der Waals surface area contributed by atoms with Gasteiger partial charge in [-0.15, -0.1) is 11.3 Å². The van der Waals surface area contributed by atoms with Crippen molar-refractivity contribution in [1.29, 1.82) is 0 Å². The molecule has 1 aromatic carbocycles. The lowest BCUT2D eigenvalue weighted by Gasteiger charge is -1.96. The van der Waals surface area contributed by atoms with Crippen LogP contribution in [-0.2, 0) is 0 Å². The summed E-state index contributed by atoms with van der Waals surface area (Å²) in [4.78, 5) is 11.9. The molecule has 0 fully saturated rings. The Morgan fingerprint density at radius 3 is 2.53 bits per heavy atom. The molecule has 0 spiro atoms. The molecule has 2 aromatic rings. The third-order valence-electron chi connectivity index (χ3n) is 2.17. The molecule has 0 aliphatic carbocycles. The third-order valence-corrected chi connectivity index (χ3v) is 3.24. The average Bonchev–Trinajstić information content (AvgIpc) is 2.78. The summed E-state index contributed by atoms with van der Waals surface area (Å²) in [5, 5.41) is 21.8. The van der Waals surface area contributed by atoms with E-state index in [1.54, 1.807) is 12.1 Å². The molecule has 1 N–H and O–H groups in total. The Balaban J connectivity index is 2.29. The fourth-order valence-electron chi connectivity index (χ4n) is 1.38. The van der Waals surface area contributed by atoms with E-state index in [0.29, 0.717) is 0 Å². The molecule has 0 unspecified atom stereocenters. The van der Waals surface area contributed by atoms with Crippen molar-refractivity contribution in [3.8, 4) is 10.4 Å². The van der Waals surface area contributed by atoms with E-state index >= 15 is 0 Å². The largest absolute Gasteiger partial charge is 0.411 e. The molecule has 2 rings (SSSR count). The standard InChI is InChI=1S/C11H8N2O3S/c14-12-7-10-5-6-11(17-10)8-1-3-9(4-2-8)13(15)16/h1-7,14H. The van der Waals surface area contributed by atoms with E-state index in [0.717, 1.165) is 15.3 Å². The minimum Gasteiger partial charge on any atom is -0.411 e. The van der Waals surface area contributed by atoms with E-state index in [1.807, 2.05) is 12.1 Å². The van der Waals surface area contributed by atoms with Crippen molar-refractivity contribution in [3.63, 3.8) is 0 Å². The number of hydrogen-bond donors (Lipinski definition) is 1. The average molecular weight is 248 g/mol. The predicted molar refractivity (Wildman–Crippen MR) is 65.8 cm³/mol. The zero-order valence-electron chi connectivity index (χ0n) is 8.61. The van der Waals surface area contributed by atoms with Gasteiger partial charge < -0.3 is 5.21 Å². The third kappa shape index (κ3) is 2.48. The molecule has 0 aliphatic heterocycles. The minimum atomic E-state index is -0.429. The van der Waals surface area contributed by atoms with Crippen LogP contribution >= 0.6 is 11.3 Å². The molecular formula is C11H8N2O3S. The molecule has 0 saturated carbocycles. The maximum absolute atomic E-state index is 10.5. The first-order valence-corrected chi connectivity index (χ1v) is 5.54. The summed E-state index contributed by atoms with van der Waals surface area (Å²) in [6.45, 7) is 0. The molecule has 0 amide bonds. The second-order valence-corrected chi connectivity index (χ2v) is 4.37. The van der Waals surface area contributed by atoms with Crippen molar-refractivity contribution in [2.45, 2.75) is 0 Å². The van der Waals surface area contributed by atoms with Crippen LogP contribution < -0.4 is 0 Å². The first-order valence-electron chi connectivity index (χ1n) is 4.73. The molecule has 0 saturated heterocycles. The van der Waals surface area contributed by atoms with Gasteiger partial charge in [-0.1, -0.05) is 5.16 Å². The first-order chi connectivity index (χ1) is 8.20. The Morgan fingerprint density at radius 2 is 1.94 bits per heavy atom. The number of thiophene rings is 1. The lowest BCUT2D eigenvalue weighted by Crippen LogP contribution is -1.86. The van der Waals surface area contributed by atoms with Crippen molar-refractivity contribution >= 4 is 23.2 Å². The number of non-ortho nitro benzene ring substituents is 1. The van der Waals surface area contributed by atoms with Crippen LogP contribution in [0.3, 0.4) is 0 Å². The second kappa shape index (κ2) is 4.75. The van der Waals surface area contributed by atoms with Crippen molar-refractivity contribution in [1.82, 2.24) is 0 Å². The fourth-order valence-corrected chi connectivity index (χ4v) is 2.26. The lowest BCUT2D eigenvalue weighted by atomic mass is 10.2. The van der Waals surface area contributed by atoms with Crippen LogP contribution in [0.2, 0.25) is 0 Å². The lowest BCUT2D eigenvalue weighted by molar-refractivity contribution is -0.384. The number of oxime groups is 1. The molecule has 1 heterocycles. The van der Waals surface area contributed by atoms with Gasteiger partial charge in [0, 0.05) is 21.9 Å². The number of rotatable bonds is 3. The van der Waals surface area contributed by atoms with Crippen molar-refractivity contribution < 1.29 is 10.1 Å². The Bertz CT molecular complexity index is 560. The number of nitrogens with zero attached hydrogens (tertiary/aromatic N) is 2. The fraction of sp³-hybridized carbons (Fsp3) is 0. The predicted octanol–water partition coefficient (Wildman–Crippen LogP) is 3.13. The minimum absolute atomic E-state index is 0.0717. The summed E-state index contributed by atoms with van der Waals surface area (Å²) in [6.07, 6.45) is 1.35. The van der Waals surface area contributed by atoms with Crippen LogP contribution in [0, 0.1) is 10.1 Å². The van der Waals surface area contributed by atoms with E-state index in [-0.39, 0.29) is 5.69 Å². The van der Waals surface area contributed by atoms with Gasteiger partial charge in [0.15, 0.2) is 0 Å². The van der Waals surface area contributed by atoms with Crippen LogP contribution in [0.25, 0.3) is 10.4 Å². The zero-order valence-corrected chi connectivity index (χ0v) is 9.42. The van der Waals surface area contributed by atoms with Crippen LogP contribution in [0.15, 0.2) is 41.6 Å². The van der Waals surface area contributed by atoms with Crippen molar-refractivity contribution in [2.24, 2.45) is 5.16 Å². The van der Waals surface area contributed by atoms with Crippen molar-refractivity contribution in [3.05, 3.63) is 51.4 Å². The SMILES string of the molecule is O=[N+]([O-])c1ccc(-c2ccc(C=NO)s2)cc1. The Kier molecular flexibility index (Phi) is 3.15. The van der Waals surface area contributed by atoms with Gasteiger partial charge in [0.1, 0.15) is 0 Å². The zero-order chi connectivity index (χ0) is 12.3. The first kappa shape index (κ1) is 11.3. The maximum atomic E-state index is 10.5. The molecule has 17 heavy (non-hydrogen) atoms. The number of benzene rings is 1. The number of nitro groups is 1. The molecule has 6 heteroatoms. The molecular weight excluding hydrogens is 240 g/mol. The molecule has 5 nitrogen and oxygen atoms in total. The maximum Gasteiger partial charge on any atom is 0.269 e. The Morgan fingerprint density at radius 1 is 1.24 bits per heavy atom. The summed E-state index contributed by atoms with van der Waals surface area (Å²) in [5.41, 5.74) is 0.973. The highest BCUT2D eigenvalue weighted by atomic mass is 32.1. The van der Waals surface area contributed by atoms with Gasteiger partial charge >= 0.3 is 0 Å². The molecule has 0 radical (unpaired) electrons. The van der Waals surface area contributed by atoms with Gasteiger partial charge in [0.25, 0.3) is 5.69 Å². The topological polar surface area (TPSA) is 75.7 Å².